The molecule has 0 radical (unpaired) electrons. The van der Waals surface area contributed by atoms with E-state index in [9.17, 15) is 10.4 Å². The number of aromatic nitrogens is 3. The van der Waals surface area contributed by atoms with E-state index in [1.807, 2.05) is 25.1 Å². The zero-order valence-electron chi connectivity index (χ0n) is 24.3. The van der Waals surface area contributed by atoms with Crippen molar-refractivity contribution in [3.8, 4) is 6.07 Å². The summed E-state index contributed by atoms with van der Waals surface area (Å²) in [5.41, 5.74) is 17.7. The smallest absolute Gasteiger partial charge is 0.111 e. The monoisotopic (exact) mass is 539 g/mol. The Morgan fingerprint density at radius 1 is 1.27 bits per heavy atom. The second-order valence-electron chi connectivity index (χ2n) is 11.3. The molecule has 210 valence electrons. The number of benzene rings is 1. The molecule has 3 N–H and O–H groups in total. The van der Waals surface area contributed by atoms with Crippen LogP contribution in [0.15, 0.2) is 24.8 Å². The topological polar surface area (TPSA) is 107 Å². The van der Waals surface area contributed by atoms with Crippen LogP contribution in [0.4, 0.5) is 11.4 Å². The minimum atomic E-state index is -0.0826. The summed E-state index contributed by atoms with van der Waals surface area (Å²) in [4.78, 5) is 9.46. The summed E-state index contributed by atoms with van der Waals surface area (Å²) < 4.78 is 2.13. The van der Waals surface area contributed by atoms with E-state index >= 15 is 0 Å². The lowest BCUT2D eigenvalue weighted by molar-refractivity contribution is 0.279. The van der Waals surface area contributed by atoms with E-state index in [1.54, 1.807) is 0 Å². The van der Waals surface area contributed by atoms with E-state index in [0.717, 1.165) is 90.4 Å². The summed E-state index contributed by atoms with van der Waals surface area (Å²) in [6.07, 6.45) is 5.44. The van der Waals surface area contributed by atoms with Gasteiger partial charge in [0, 0.05) is 61.1 Å². The van der Waals surface area contributed by atoms with Gasteiger partial charge in [-0.3, -0.25) is 9.67 Å². The van der Waals surface area contributed by atoms with E-state index in [4.69, 9.17) is 15.8 Å². The number of hydrogen-bond acceptors (Lipinski definition) is 7. The maximum atomic E-state index is 10.7. The molecule has 0 fully saturated rings. The molecular weight excluding hydrogens is 498 g/mol. The fraction of sp³-hybridized carbons (Fsp3) is 0.469. The van der Waals surface area contributed by atoms with Gasteiger partial charge in [-0.15, -0.1) is 0 Å². The third kappa shape index (κ3) is 4.95. The van der Waals surface area contributed by atoms with Gasteiger partial charge in [-0.2, -0.15) is 10.4 Å². The van der Waals surface area contributed by atoms with E-state index in [2.05, 4.69) is 48.2 Å². The van der Waals surface area contributed by atoms with Crippen LogP contribution in [0.2, 0.25) is 0 Å². The summed E-state index contributed by atoms with van der Waals surface area (Å²) in [5, 5.41) is 25.6. The number of aliphatic hydroxyl groups is 1. The quantitative estimate of drug-likeness (QED) is 0.419. The van der Waals surface area contributed by atoms with Crippen LogP contribution in [0, 0.1) is 18.3 Å². The summed E-state index contributed by atoms with van der Waals surface area (Å²) >= 11 is 0. The van der Waals surface area contributed by atoms with E-state index in [1.165, 1.54) is 11.3 Å². The van der Waals surface area contributed by atoms with Gasteiger partial charge in [-0.05, 0) is 74.6 Å². The maximum Gasteiger partial charge on any atom is 0.111 e. The van der Waals surface area contributed by atoms with Crippen molar-refractivity contribution in [3.05, 3.63) is 75.4 Å². The number of hydrogen-bond donors (Lipinski definition) is 2. The Kier molecular flexibility index (Phi) is 7.86. The van der Waals surface area contributed by atoms with Gasteiger partial charge in [0.15, 0.2) is 0 Å². The van der Waals surface area contributed by atoms with Crippen molar-refractivity contribution in [1.82, 2.24) is 19.7 Å². The van der Waals surface area contributed by atoms with Crippen LogP contribution in [0.1, 0.15) is 82.7 Å². The highest BCUT2D eigenvalue weighted by atomic mass is 16.3. The van der Waals surface area contributed by atoms with Crippen molar-refractivity contribution in [2.45, 2.75) is 78.0 Å². The second kappa shape index (κ2) is 11.3. The predicted octanol–water partition coefficient (Wildman–Crippen LogP) is 4.70. The van der Waals surface area contributed by atoms with Crippen molar-refractivity contribution in [1.29, 1.82) is 5.26 Å². The molecule has 1 aliphatic carbocycles. The first-order valence-electron chi connectivity index (χ1n) is 14.4. The van der Waals surface area contributed by atoms with Gasteiger partial charge in [-0.1, -0.05) is 19.6 Å². The summed E-state index contributed by atoms with van der Waals surface area (Å²) in [7, 11) is 3.99. The number of rotatable bonds is 7. The molecule has 3 aromatic rings. The molecule has 0 saturated heterocycles. The highest BCUT2D eigenvalue weighted by molar-refractivity contribution is 5.64. The molecule has 0 saturated carbocycles. The minimum Gasteiger partial charge on any atom is -0.398 e. The molecule has 5 rings (SSSR count). The third-order valence-electron chi connectivity index (χ3n) is 8.70. The van der Waals surface area contributed by atoms with Crippen LogP contribution in [0.5, 0.6) is 0 Å². The molecule has 8 heteroatoms. The largest absolute Gasteiger partial charge is 0.398 e. The molecule has 2 aromatic heterocycles. The van der Waals surface area contributed by atoms with Crippen LogP contribution >= 0.6 is 0 Å². The molecule has 1 unspecified atom stereocenters. The van der Waals surface area contributed by atoms with Gasteiger partial charge in [0.05, 0.1) is 30.1 Å². The van der Waals surface area contributed by atoms with Gasteiger partial charge in [0.2, 0.25) is 0 Å². The van der Waals surface area contributed by atoms with Crippen LogP contribution < -0.4 is 10.6 Å². The van der Waals surface area contributed by atoms with Crippen LogP contribution in [-0.4, -0.2) is 45.4 Å². The van der Waals surface area contributed by atoms with E-state index in [-0.39, 0.29) is 12.5 Å². The Hall–Kier alpha value is -3.83. The molecule has 8 nitrogen and oxygen atoms in total. The highest BCUT2D eigenvalue weighted by Gasteiger charge is 2.29. The molecule has 1 aliphatic heterocycles. The molecule has 0 amide bonds. The standard InChI is InChI=1S/C32H41N7O/c1-6-24-16-29(38-13-8-14-39-30(18-38)20(2)32(36-39)21(3)37(4)5)26(19-40)28(35-24)15-23-10-7-9-22-11-12-27(34)25(17-33)31(22)23/h11-12,16,23,40H,3,6-10,13-15,18-19,34H2,1-2,4-5H3. The van der Waals surface area contributed by atoms with Crippen molar-refractivity contribution >= 4 is 17.1 Å². The maximum absolute atomic E-state index is 10.7. The third-order valence-corrected chi connectivity index (χ3v) is 8.70. The number of pyridine rings is 1. The van der Waals surface area contributed by atoms with Crippen molar-refractivity contribution in [3.63, 3.8) is 0 Å². The Bertz CT molecular complexity index is 1480. The number of fused-ring (bicyclic) bond motifs is 2. The van der Waals surface area contributed by atoms with Crippen molar-refractivity contribution in [2.75, 3.05) is 31.3 Å². The summed E-state index contributed by atoms with van der Waals surface area (Å²) in [5.74, 6) is 0.145. The lowest BCUT2D eigenvalue weighted by Gasteiger charge is -2.30. The van der Waals surface area contributed by atoms with Crippen LogP contribution in [0.25, 0.3) is 5.70 Å². The van der Waals surface area contributed by atoms with E-state index in [0.29, 0.717) is 24.2 Å². The average molecular weight is 540 g/mol. The lowest BCUT2D eigenvalue weighted by atomic mass is 9.77. The SMILES string of the molecule is C=C(c1nn2c(c1C)CN(c1cc(CC)nc(CC3CCCc4ccc(N)c(C#N)c43)c1CO)CCC2)N(C)C. The molecule has 40 heavy (non-hydrogen) atoms. The molecule has 3 heterocycles. The number of nitrogens with two attached hydrogens (primary N) is 1. The zero-order valence-corrected chi connectivity index (χ0v) is 24.3. The molecule has 0 spiro atoms. The zero-order chi connectivity index (χ0) is 28.6. The number of aliphatic hydroxyl groups excluding tert-OH is 1. The molecule has 2 aliphatic rings. The van der Waals surface area contributed by atoms with Gasteiger partial charge < -0.3 is 20.6 Å². The molecule has 1 atom stereocenters. The Balaban J connectivity index is 1.55. The fourth-order valence-electron chi connectivity index (χ4n) is 6.41. The molecular formula is C32H41N7O. The van der Waals surface area contributed by atoms with Gasteiger partial charge >= 0.3 is 0 Å². The molecule has 0 bridgehead atoms. The second-order valence-corrected chi connectivity index (χ2v) is 11.3. The first-order valence-corrected chi connectivity index (χ1v) is 14.4. The Morgan fingerprint density at radius 3 is 2.77 bits per heavy atom. The van der Waals surface area contributed by atoms with E-state index < -0.39 is 0 Å². The summed E-state index contributed by atoms with van der Waals surface area (Å²) in [6, 6.07) is 8.46. The first-order chi connectivity index (χ1) is 19.3. The predicted molar refractivity (Wildman–Crippen MR) is 160 cm³/mol. The number of nitrogen functional groups attached to an aromatic ring is 1. The number of nitrogens with zero attached hydrogens (tertiary/aromatic N) is 6. The number of anilines is 2. The number of nitriles is 1. The van der Waals surface area contributed by atoms with Crippen LogP contribution in [0.3, 0.4) is 0 Å². The first kappa shape index (κ1) is 27.7. The van der Waals surface area contributed by atoms with Gasteiger partial charge in [0.25, 0.3) is 0 Å². The molecule has 1 aromatic carbocycles. The van der Waals surface area contributed by atoms with Crippen LogP contribution in [-0.2, 0) is 39.0 Å². The lowest BCUT2D eigenvalue weighted by Crippen LogP contribution is -2.26. The van der Waals surface area contributed by atoms with Crippen molar-refractivity contribution in [2.24, 2.45) is 0 Å². The van der Waals surface area contributed by atoms with Gasteiger partial charge in [-0.25, -0.2) is 0 Å². The minimum absolute atomic E-state index is 0.0826. The van der Waals surface area contributed by atoms with Crippen molar-refractivity contribution < 1.29 is 5.11 Å². The summed E-state index contributed by atoms with van der Waals surface area (Å²) in [6.45, 7) is 10.8. The normalized spacial score (nSPS) is 16.6. The average Bonchev–Trinajstić information content (AvgIpc) is 3.11. The Morgan fingerprint density at radius 2 is 2.08 bits per heavy atom. The Labute approximate surface area is 237 Å². The fourth-order valence-corrected chi connectivity index (χ4v) is 6.41. The number of aryl methyl sites for hydroxylation is 3. The highest BCUT2D eigenvalue weighted by Crippen LogP contribution is 2.40. The van der Waals surface area contributed by atoms with Gasteiger partial charge in [0.1, 0.15) is 11.8 Å².